The summed E-state index contributed by atoms with van der Waals surface area (Å²) in [7, 11) is 0. The molecule has 0 amide bonds. The van der Waals surface area contributed by atoms with Crippen molar-refractivity contribution in [2.45, 2.75) is 52.1 Å². The minimum absolute atomic E-state index is 0.0717. The molecular formula is C19H33N5O. The lowest BCUT2D eigenvalue weighted by Crippen LogP contribution is -2.39. The van der Waals surface area contributed by atoms with Crippen molar-refractivity contribution >= 4 is 5.96 Å². The molecule has 1 atom stereocenters. The first-order valence-electron chi connectivity index (χ1n) is 9.66. The lowest BCUT2D eigenvalue weighted by atomic mass is 10.2. The molecule has 1 aliphatic heterocycles. The van der Waals surface area contributed by atoms with Gasteiger partial charge in [0.2, 0.25) is 5.56 Å². The summed E-state index contributed by atoms with van der Waals surface area (Å²) in [6, 6.07) is 5.88. The number of nitrogens with zero attached hydrogens (tertiary/aromatic N) is 3. The fraction of sp³-hybridized carbons (Fsp3) is 0.684. The zero-order valence-electron chi connectivity index (χ0n) is 15.7. The van der Waals surface area contributed by atoms with E-state index in [0.717, 1.165) is 51.5 Å². The Hall–Kier alpha value is -1.82. The topological polar surface area (TPSA) is 61.7 Å². The van der Waals surface area contributed by atoms with E-state index in [0.29, 0.717) is 6.04 Å². The second-order valence-corrected chi connectivity index (χ2v) is 6.51. The normalized spacial score (nSPS) is 18.5. The first kappa shape index (κ1) is 19.5. The second-order valence-electron chi connectivity index (χ2n) is 6.51. The Kier molecular flexibility index (Phi) is 8.52. The Morgan fingerprint density at radius 2 is 2.16 bits per heavy atom. The third-order valence-corrected chi connectivity index (χ3v) is 4.73. The van der Waals surface area contributed by atoms with Gasteiger partial charge in [-0.3, -0.25) is 14.7 Å². The minimum Gasteiger partial charge on any atom is -0.357 e. The van der Waals surface area contributed by atoms with Gasteiger partial charge in [-0.1, -0.05) is 13.0 Å². The molecule has 0 aromatic carbocycles. The van der Waals surface area contributed by atoms with Crippen LogP contribution in [0, 0.1) is 0 Å². The van der Waals surface area contributed by atoms with Gasteiger partial charge < -0.3 is 15.2 Å². The number of aryl methyl sites for hydroxylation is 1. The van der Waals surface area contributed by atoms with Crippen molar-refractivity contribution in [1.82, 2.24) is 20.1 Å². The third kappa shape index (κ3) is 6.53. The van der Waals surface area contributed by atoms with Crippen LogP contribution in [0.2, 0.25) is 0 Å². The molecule has 6 nitrogen and oxygen atoms in total. The highest BCUT2D eigenvalue weighted by Gasteiger charge is 2.22. The molecule has 1 saturated heterocycles. The number of rotatable bonds is 9. The fourth-order valence-electron chi connectivity index (χ4n) is 3.32. The molecule has 0 bridgehead atoms. The van der Waals surface area contributed by atoms with Crippen LogP contribution in [0.3, 0.4) is 0 Å². The van der Waals surface area contributed by atoms with Crippen LogP contribution in [0.15, 0.2) is 34.2 Å². The van der Waals surface area contributed by atoms with E-state index < -0.39 is 0 Å². The molecule has 0 radical (unpaired) electrons. The highest BCUT2D eigenvalue weighted by Crippen LogP contribution is 2.16. The number of guanidine groups is 1. The molecule has 2 N–H and O–H groups in total. The Bertz CT molecular complexity index is 583. The van der Waals surface area contributed by atoms with Crippen molar-refractivity contribution in [2.75, 3.05) is 32.7 Å². The largest absolute Gasteiger partial charge is 0.357 e. The highest BCUT2D eigenvalue weighted by atomic mass is 16.1. The molecule has 2 heterocycles. The first-order chi connectivity index (χ1) is 12.2. The SMILES string of the molecule is CCNC(=NCC1CCCN1CC)NCCCCn1ccccc1=O. The quantitative estimate of drug-likeness (QED) is 0.405. The summed E-state index contributed by atoms with van der Waals surface area (Å²) in [6.07, 6.45) is 6.38. The highest BCUT2D eigenvalue weighted by molar-refractivity contribution is 5.79. The van der Waals surface area contributed by atoms with Crippen molar-refractivity contribution in [2.24, 2.45) is 4.99 Å². The predicted molar refractivity (Wildman–Crippen MR) is 104 cm³/mol. The van der Waals surface area contributed by atoms with Gasteiger partial charge in [-0.2, -0.15) is 0 Å². The van der Waals surface area contributed by atoms with Gasteiger partial charge in [-0.15, -0.1) is 0 Å². The van der Waals surface area contributed by atoms with E-state index in [1.54, 1.807) is 16.7 Å². The van der Waals surface area contributed by atoms with Gasteiger partial charge in [0.05, 0.1) is 6.54 Å². The second kappa shape index (κ2) is 10.9. The summed E-state index contributed by atoms with van der Waals surface area (Å²) in [4.78, 5) is 18.9. The Morgan fingerprint density at radius 3 is 2.92 bits per heavy atom. The molecule has 1 unspecified atom stereocenters. The minimum atomic E-state index is 0.0717. The van der Waals surface area contributed by atoms with Gasteiger partial charge in [0.1, 0.15) is 0 Å². The third-order valence-electron chi connectivity index (χ3n) is 4.73. The summed E-state index contributed by atoms with van der Waals surface area (Å²) in [6.45, 7) is 10.0. The molecule has 2 rings (SSSR count). The van der Waals surface area contributed by atoms with Crippen molar-refractivity contribution < 1.29 is 0 Å². The number of hydrogen-bond acceptors (Lipinski definition) is 3. The number of pyridine rings is 1. The summed E-state index contributed by atoms with van der Waals surface area (Å²) >= 11 is 0. The monoisotopic (exact) mass is 347 g/mol. The van der Waals surface area contributed by atoms with Crippen LogP contribution in [-0.4, -0.2) is 54.2 Å². The molecule has 0 saturated carbocycles. The van der Waals surface area contributed by atoms with Crippen molar-refractivity contribution in [1.29, 1.82) is 0 Å². The molecular weight excluding hydrogens is 314 g/mol. The lowest BCUT2D eigenvalue weighted by molar-refractivity contribution is 0.273. The van der Waals surface area contributed by atoms with Crippen LogP contribution < -0.4 is 16.2 Å². The van der Waals surface area contributed by atoms with Gasteiger partial charge in [0, 0.05) is 37.9 Å². The van der Waals surface area contributed by atoms with Crippen molar-refractivity contribution in [3.05, 3.63) is 34.7 Å². The number of aromatic nitrogens is 1. The Balaban J connectivity index is 1.71. The molecule has 1 aromatic heterocycles. The summed E-state index contributed by atoms with van der Waals surface area (Å²) in [5.41, 5.74) is 0.0717. The van der Waals surface area contributed by atoms with E-state index in [4.69, 9.17) is 4.99 Å². The van der Waals surface area contributed by atoms with Gasteiger partial charge in [0.25, 0.3) is 0 Å². The molecule has 6 heteroatoms. The van der Waals surface area contributed by atoms with Gasteiger partial charge >= 0.3 is 0 Å². The fourth-order valence-corrected chi connectivity index (χ4v) is 3.32. The molecule has 140 valence electrons. The van der Waals surface area contributed by atoms with Crippen LogP contribution >= 0.6 is 0 Å². The Morgan fingerprint density at radius 1 is 1.28 bits per heavy atom. The smallest absolute Gasteiger partial charge is 0.250 e. The standard InChI is InChI=1S/C19H33N5O/c1-3-20-19(22-16-17-10-9-15-23(17)4-2)21-12-6-8-14-24-13-7-5-11-18(24)25/h5,7,11,13,17H,3-4,6,8-10,12,14-16H2,1-2H3,(H2,20,21,22). The zero-order chi connectivity index (χ0) is 17.9. The van der Waals surface area contributed by atoms with Gasteiger partial charge in [-0.25, -0.2) is 0 Å². The summed E-state index contributed by atoms with van der Waals surface area (Å²) in [5.74, 6) is 0.905. The molecule has 0 aliphatic carbocycles. The number of likely N-dealkylation sites (N-methyl/N-ethyl adjacent to an activating group) is 1. The van der Waals surface area contributed by atoms with Gasteiger partial charge in [-0.05, 0) is 51.8 Å². The van der Waals surface area contributed by atoms with Crippen LogP contribution in [-0.2, 0) is 6.54 Å². The lowest BCUT2D eigenvalue weighted by Gasteiger charge is -2.21. The number of hydrogen-bond donors (Lipinski definition) is 2. The van der Waals surface area contributed by atoms with E-state index in [-0.39, 0.29) is 5.56 Å². The van der Waals surface area contributed by atoms with Gasteiger partial charge in [0.15, 0.2) is 5.96 Å². The van der Waals surface area contributed by atoms with Crippen LogP contribution in [0.25, 0.3) is 0 Å². The van der Waals surface area contributed by atoms with Crippen molar-refractivity contribution in [3.8, 4) is 0 Å². The average Bonchev–Trinajstić information content (AvgIpc) is 3.08. The molecule has 1 aliphatic rings. The number of nitrogens with one attached hydrogen (secondary N) is 2. The predicted octanol–water partition coefficient (Wildman–Crippen LogP) is 1.67. The maximum absolute atomic E-state index is 11.7. The molecule has 1 aromatic rings. The molecule has 25 heavy (non-hydrogen) atoms. The maximum atomic E-state index is 11.7. The van der Waals surface area contributed by atoms with Crippen molar-refractivity contribution in [3.63, 3.8) is 0 Å². The molecule has 0 spiro atoms. The number of likely N-dealkylation sites (tertiary alicyclic amines) is 1. The maximum Gasteiger partial charge on any atom is 0.250 e. The number of aliphatic imine (C=N–C) groups is 1. The summed E-state index contributed by atoms with van der Waals surface area (Å²) < 4.78 is 1.76. The van der Waals surface area contributed by atoms with E-state index in [1.165, 1.54) is 19.4 Å². The number of unbranched alkanes of at least 4 members (excludes halogenated alkanes) is 1. The first-order valence-corrected chi connectivity index (χ1v) is 9.66. The van der Waals surface area contributed by atoms with Crippen LogP contribution in [0.1, 0.15) is 39.5 Å². The van der Waals surface area contributed by atoms with E-state index in [1.807, 2.05) is 12.3 Å². The van der Waals surface area contributed by atoms with Crippen LogP contribution in [0.4, 0.5) is 0 Å². The average molecular weight is 348 g/mol. The van der Waals surface area contributed by atoms with E-state index in [9.17, 15) is 4.79 Å². The summed E-state index contributed by atoms with van der Waals surface area (Å²) in [5, 5.41) is 6.73. The van der Waals surface area contributed by atoms with Crippen LogP contribution in [0.5, 0.6) is 0 Å². The Labute approximate surface area is 151 Å². The zero-order valence-corrected chi connectivity index (χ0v) is 15.7. The molecule has 1 fully saturated rings. The van der Waals surface area contributed by atoms with E-state index in [2.05, 4.69) is 29.4 Å². The van der Waals surface area contributed by atoms with E-state index >= 15 is 0 Å².